The molecule has 0 unspecified atom stereocenters. The van der Waals surface area contributed by atoms with Gasteiger partial charge in [-0.05, 0) is 26.2 Å². The third-order valence-corrected chi connectivity index (χ3v) is 3.06. The van der Waals surface area contributed by atoms with Gasteiger partial charge in [0, 0.05) is 19.4 Å². The Morgan fingerprint density at radius 1 is 1.29 bits per heavy atom. The molecular formula is C12H22O2. The Balaban J connectivity index is 2.18. The highest BCUT2D eigenvalue weighted by atomic mass is 16.5. The van der Waals surface area contributed by atoms with Crippen LogP contribution in [-0.4, -0.2) is 18.0 Å². The molecule has 1 rings (SSSR count). The fourth-order valence-corrected chi connectivity index (χ4v) is 1.87. The van der Waals surface area contributed by atoms with Gasteiger partial charge in [0.25, 0.3) is 0 Å². The van der Waals surface area contributed by atoms with Crippen LogP contribution in [0.1, 0.15) is 58.8 Å². The van der Waals surface area contributed by atoms with Gasteiger partial charge < -0.3 is 4.74 Å². The van der Waals surface area contributed by atoms with Crippen molar-refractivity contribution in [1.82, 2.24) is 0 Å². The van der Waals surface area contributed by atoms with Crippen LogP contribution in [-0.2, 0) is 9.53 Å². The SMILES string of the molecule is CCCCCOC1(C)CCC(=O)CC1. The molecule has 0 bridgehead atoms. The van der Waals surface area contributed by atoms with Gasteiger partial charge in [-0.25, -0.2) is 0 Å². The number of Topliss-reactive ketones (excluding diaryl/α,β-unsaturated/α-hetero) is 1. The first-order chi connectivity index (χ1) is 6.66. The fraction of sp³-hybridized carbons (Fsp3) is 0.917. The molecule has 1 fully saturated rings. The number of rotatable bonds is 5. The second-order valence-corrected chi connectivity index (χ2v) is 4.54. The molecule has 1 aliphatic carbocycles. The lowest BCUT2D eigenvalue weighted by Gasteiger charge is -2.33. The predicted molar refractivity (Wildman–Crippen MR) is 57.4 cm³/mol. The molecule has 2 nitrogen and oxygen atoms in total. The van der Waals surface area contributed by atoms with Crippen LogP contribution in [0.25, 0.3) is 0 Å². The molecule has 0 heterocycles. The van der Waals surface area contributed by atoms with E-state index in [0.717, 1.165) is 25.9 Å². The van der Waals surface area contributed by atoms with Crippen LogP contribution in [0.5, 0.6) is 0 Å². The zero-order valence-corrected chi connectivity index (χ0v) is 9.47. The second kappa shape index (κ2) is 5.50. The molecule has 0 saturated heterocycles. The summed E-state index contributed by atoms with van der Waals surface area (Å²) < 4.78 is 5.87. The first-order valence-electron chi connectivity index (χ1n) is 5.82. The number of hydrogen-bond donors (Lipinski definition) is 0. The Labute approximate surface area is 87.0 Å². The molecule has 0 radical (unpaired) electrons. The molecule has 14 heavy (non-hydrogen) atoms. The van der Waals surface area contributed by atoms with E-state index in [-0.39, 0.29) is 5.60 Å². The first-order valence-corrected chi connectivity index (χ1v) is 5.82. The van der Waals surface area contributed by atoms with Crippen LogP contribution in [0.2, 0.25) is 0 Å². The average molecular weight is 198 g/mol. The van der Waals surface area contributed by atoms with Crippen LogP contribution in [0.15, 0.2) is 0 Å². The lowest BCUT2D eigenvalue weighted by molar-refractivity contribution is -0.128. The quantitative estimate of drug-likeness (QED) is 0.634. The fourth-order valence-electron chi connectivity index (χ4n) is 1.87. The van der Waals surface area contributed by atoms with Crippen molar-refractivity contribution in [2.24, 2.45) is 0 Å². The molecule has 0 aromatic carbocycles. The molecule has 1 aliphatic rings. The van der Waals surface area contributed by atoms with E-state index in [0.29, 0.717) is 18.6 Å². The molecule has 0 aromatic rings. The summed E-state index contributed by atoms with van der Waals surface area (Å²) in [5, 5.41) is 0. The minimum Gasteiger partial charge on any atom is -0.375 e. The topological polar surface area (TPSA) is 26.3 Å². The lowest BCUT2D eigenvalue weighted by atomic mass is 9.85. The molecule has 0 atom stereocenters. The second-order valence-electron chi connectivity index (χ2n) is 4.54. The third kappa shape index (κ3) is 3.79. The number of carbonyl (C=O) groups is 1. The van der Waals surface area contributed by atoms with E-state index < -0.39 is 0 Å². The van der Waals surface area contributed by atoms with Crippen LogP contribution < -0.4 is 0 Å². The molecule has 0 aliphatic heterocycles. The van der Waals surface area contributed by atoms with Crippen LogP contribution in [0.4, 0.5) is 0 Å². The predicted octanol–water partition coefficient (Wildman–Crippen LogP) is 3.10. The number of hydrogen-bond acceptors (Lipinski definition) is 2. The van der Waals surface area contributed by atoms with E-state index in [1.165, 1.54) is 12.8 Å². The smallest absolute Gasteiger partial charge is 0.133 e. The molecule has 1 saturated carbocycles. The highest BCUT2D eigenvalue weighted by molar-refractivity contribution is 5.79. The summed E-state index contributed by atoms with van der Waals surface area (Å²) in [6.45, 7) is 5.20. The lowest BCUT2D eigenvalue weighted by Crippen LogP contribution is -2.34. The summed E-state index contributed by atoms with van der Waals surface area (Å²) in [4.78, 5) is 11.1. The standard InChI is InChI=1S/C12H22O2/c1-3-4-5-10-14-12(2)8-6-11(13)7-9-12/h3-10H2,1-2H3. The number of unbranched alkanes of at least 4 members (excludes halogenated alkanes) is 2. The largest absolute Gasteiger partial charge is 0.375 e. The maximum absolute atomic E-state index is 11.1. The highest BCUT2D eigenvalue weighted by Crippen LogP contribution is 2.29. The summed E-state index contributed by atoms with van der Waals surface area (Å²) in [6.07, 6.45) is 6.89. The van der Waals surface area contributed by atoms with Gasteiger partial charge in [0.2, 0.25) is 0 Å². The van der Waals surface area contributed by atoms with Gasteiger partial charge >= 0.3 is 0 Å². The molecule has 0 N–H and O–H groups in total. The van der Waals surface area contributed by atoms with Crippen molar-refractivity contribution >= 4 is 5.78 Å². The van der Waals surface area contributed by atoms with Crippen molar-refractivity contribution in [3.05, 3.63) is 0 Å². The Hall–Kier alpha value is -0.370. The zero-order chi connectivity index (χ0) is 10.4. The molecular weight excluding hydrogens is 176 g/mol. The van der Waals surface area contributed by atoms with E-state index in [2.05, 4.69) is 13.8 Å². The van der Waals surface area contributed by atoms with E-state index in [9.17, 15) is 4.79 Å². The molecule has 2 heteroatoms. The molecule has 0 aromatic heterocycles. The zero-order valence-electron chi connectivity index (χ0n) is 9.47. The number of carbonyl (C=O) groups excluding carboxylic acids is 1. The maximum atomic E-state index is 11.1. The molecule has 0 amide bonds. The van der Waals surface area contributed by atoms with Gasteiger partial charge in [-0.3, -0.25) is 4.79 Å². The summed E-state index contributed by atoms with van der Waals surface area (Å²) >= 11 is 0. The van der Waals surface area contributed by atoms with Crippen molar-refractivity contribution in [1.29, 1.82) is 0 Å². The summed E-state index contributed by atoms with van der Waals surface area (Å²) in [5.41, 5.74) is -0.0123. The first kappa shape index (κ1) is 11.7. The van der Waals surface area contributed by atoms with Crippen molar-refractivity contribution in [2.75, 3.05) is 6.61 Å². The van der Waals surface area contributed by atoms with E-state index in [1.54, 1.807) is 0 Å². The number of ketones is 1. The van der Waals surface area contributed by atoms with Gasteiger partial charge in [-0.2, -0.15) is 0 Å². The Bertz CT molecular complexity index is 177. The van der Waals surface area contributed by atoms with Crippen molar-refractivity contribution in [3.63, 3.8) is 0 Å². The van der Waals surface area contributed by atoms with E-state index >= 15 is 0 Å². The van der Waals surface area contributed by atoms with Gasteiger partial charge in [0.05, 0.1) is 5.60 Å². The van der Waals surface area contributed by atoms with Crippen LogP contribution in [0.3, 0.4) is 0 Å². The monoisotopic (exact) mass is 198 g/mol. The van der Waals surface area contributed by atoms with Crippen molar-refractivity contribution in [2.45, 2.75) is 64.4 Å². The average Bonchev–Trinajstić information content (AvgIpc) is 2.18. The van der Waals surface area contributed by atoms with E-state index in [1.807, 2.05) is 0 Å². The Kier molecular flexibility index (Phi) is 4.59. The Morgan fingerprint density at radius 2 is 1.93 bits per heavy atom. The Morgan fingerprint density at radius 3 is 2.50 bits per heavy atom. The maximum Gasteiger partial charge on any atom is 0.133 e. The highest BCUT2D eigenvalue weighted by Gasteiger charge is 2.30. The number of ether oxygens (including phenoxy) is 1. The van der Waals surface area contributed by atoms with Gasteiger partial charge in [0.15, 0.2) is 0 Å². The van der Waals surface area contributed by atoms with Crippen molar-refractivity contribution < 1.29 is 9.53 Å². The van der Waals surface area contributed by atoms with Crippen molar-refractivity contribution in [3.8, 4) is 0 Å². The van der Waals surface area contributed by atoms with Crippen LogP contribution >= 0.6 is 0 Å². The summed E-state index contributed by atoms with van der Waals surface area (Å²) in [6, 6.07) is 0. The van der Waals surface area contributed by atoms with Gasteiger partial charge in [-0.15, -0.1) is 0 Å². The molecule has 0 spiro atoms. The molecule has 82 valence electrons. The minimum atomic E-state index is -0.0123. The minimum absolute atomic E-state index is 0.0123. The van der Waals surface area contributed by atoms with Gasteiger partial charge in [-0.1, -0.05) is 19.8 Å². The van der Waals surface area contributed by atoms with Crippen LogP contribution in [0, 0.1) is 0 Å². The van der Waals surface area contributed by atoms with E-state index in [4.69, 9.17) is 4.74 Å². The summed E-state index contributed by atoms with van der Waals surface area (Å²) in [5.74, 6) is 0.402. The normalized spacial score (nSPS) is 21.1. The third-order valence-electron chi connectivity index (χ3n) is 3.06. The summed E-state index contributed by atoms with van der Waals surface area (Å²) in [7, 11) is 0. The van der Waals surface area contributed by atoms with Gasteiger partial charge in [0.1, 0.15) is 5.78 Å².